The Bertz CT molecular complexity index is 2570. The van der Waals surface area contributed by atoms with Gasteiger partial charge in [0.25, 0.3) is 0 Å². The van der Waals surface area contributed by atoms with E-state index in [2.05, 4.69) is 189 Å². The van der Waals surface area contributed by atoms with E-state index in [0.29, 0.717) is 0 Å². The minimum absolute atomic E-state index is 0.258. The van der Waals surface area contributed by atoms with Gasteiger partial charge in [0.15, 0.2) is 0 Å². The Morgan fingerprint density at radius 3 is 1.02 bits per heavy atom. The van der Waals surface area contributed by atoms with Crippen molar-refractivity contribution < 1.29 is 0 Å². The van der Waals surface area contributed by atoms with E-state index >= 15 is 0 Å². The van der Waals surface area contributed by atoms with Gasteiger partial charge >= 0.3 is 14.0 Å². The molecule has 2 aliphatic heterocycles. The van der Waals surface area contributed by atoms with Gasteiger partial charge in [0.2, 0.25) is 0 Å². The van der Waals surface area contributed by atoms with Crippen molar-refractivity contribution in [2.45, 2.75) is 0 Å². The van der Waals surface area contributed by atoms with Crippen molar-refractivity contribution in [3.63, 3.8) is 0 Å². The highest BCUT2D eigenvalue weighted by molar-refractivity contribution is 7.26. The van der Waals surface area contributed by atoms with Gasteiger partial charge < -0.3 is 19.2 Å². The number of hydrogen-bond acceptors (Lipinski definition) is 8. The van der Waals surface area contributed by atoms with E-state index in [0.717, 1.165) is 33.9 Å². The first-order valence-corrected chi connectivity index (χ1v) is 19.7. The van der Waals surface area contributed by atoms with Crippen molar-refractivity contribution in [1.29, 1.82) is 0 Å². The molecule has 2 aliphatic rings. The molecule has 54 heavy (non-hydrogen) atoms. The van der Waals surface area contributed by atoms with Crippen LogP contribution in [-0.2, 0) is 0 Å². The number of thiophene rings is 2. The molecule has 254 valence electrons. The molecule has 0 unspecified atom stereocenters. The molecule has 0 radical (unpaired) electrons. The molecule has 0 fully saturated rings. The van der Waals surface area contributed by atoms with Crippen molar-refractivity contribution in [3.05, 3.63) is 182 Å². The van der Waals surface area contributed by atoms with Crippen LogP contribution in [-0.4, -0.2) is 23.9 Å². The van der Waals surface area contributed by atoms with Gasteiger partial charge in [-0.2, -0.15) is 0 Å². The van der Waals surface area contributed by atoms with Crippen LogP contribution in [0.3, 0.4) is 0 Å². The summed E-state index contributed by atoms with van der Waals surface area (Å²) in [4.78, 5) is 20.5. The molecule has 5 heterocycles. The molecule has 0 saturated carbocycles. The number of hydrogen-bond donors (Lipinski definition) is 0. The van der Waals surface area contributed by atoms with Crippen LogP contribution in [0.25, 0.3) is 20.2 Å². The van der Waals surface area contributed by atoms with E-state index in [1.165, 1.54) is 41.5 Å². The highest BCUT2D eigenvalue weighted by Gasteiger charge is 2.49. The predicted molar refractivity (Wildman–Crippen MR) is 231 cm³/mol. The molecular formula is C44H30B2N6S2. The van der Waals surface area contributed by atoms with Gasteiger partial charge in [-0.05, 0) is 60.7 Å². The summed E-state index contributed by atoms with van der Waals surface area (Å²) in [6.07, 6.45) is 4.00. The van der Waals surface area contributed by atoms with Crippen molar-refractivity contribution in [2.24, 2.45) is 0 Å². The molecule has 0 N–H and O–H groups in total. The zero-order chi connectivity index (χ0) is 35.6. The van der Waals surface area contributed by atoms with Gasteiger partial charge in [-0.25, -0.2) is 0 Å². The lowest BCUT2D eigenvalue weighted by atomic mass is 9.66. The van der Waals surface area contributed by atoms with Gasteiger partial charge in [0, 0.05) is 55.3 Å². The van der Waals surface area contributed by atoms with Crippen LogP contribution in [0.2, 0.25) is 0 Å². The first-order chi connectivity index (χ1) is 26.8. The highest BCUT2D eigenvalue weighted by Crippen LogP contribution is 2.56. The summed E-state index contributed by atoms with van der Waals surface area (Å²) in [5, 5.41) is 4.85. The van der Waals surface area contributed by atoms with Crippen molar-refractivity contribution >= 4 is 112 Å². The van der Waals surface area contributed by atoms with Gasteiger partial charge in [-0.3, -0.25) is 9.97 Å². The first-order valence-electron chi connectivity index (χ1n) is 18.1. The molecule has 0 bridgehead atoms. The quantitative estimate of drug-likeness (QED) is 0.159. The Morgan fingerprint density at radius 2 is 0.667 bits per heavy atom. The number of anilines is 8. The maximum absolute atomic E-state index is 5.37. The Morgan fingerprint density at radius 1 is 0.352 bits per heavy atom. The van der Waals surface area contributed by atoms with E-state index in [1.54, 1.807) is 0 Å². The Hall–Kier alpha value is -6.35. The fourth-order valence-corrected chi connectivity index (χ4v) is 10.6. The van der Waals surface area contributed by atoms with E-state index in [4.69, 9.17) is 9.97 Å². The molecule has 0 atom stereocenters. The topological polar surface area (TPSA) is 38.7 Å². The standard InChI is InChI=1S/C44H30B2N6S2/c1-5-17-31(18-6-1)49-41-35-25-13-15-27-37(35)53-43(41)51(33-21-9-3-10-22-33)45(49)39-29-48-40(30-47-39)46-50(32-19-7-2-8-20-32)42-36-26-14-16-28-38(36)54-44(42)52(46)34-23-11-4-12-24-34/h1-30H. The third-order valence-corrected chi connectivity index (χ3v) is 12.7. The maximum atomic E-state index is 5.37. The van der Waals surface area contributed by atoms with Gasteiger partial charge in [-0.1, -0.05) is 109 Å². The summed E-state index contributed by atoms with van der Waals surface area (Å²) < 4.78 is 2.51. The molecular weight excluding hydrogens is 698 g/mol. The third-order valence-electron chi connectivity index (χ3n) is 10.4. The van der Waals surface area contributed by atoms with Crippen LogP contribution in [0, 0.1) is 0 Å². The second kappa shape index (κ2) is 12.7. The van der Waals surface area contributed by atoms with Crippen LogP contribution in [0.15, 0.2) is 182 Å². The summed E-state index contributed by atoms with van der Waals surface area (Å²) in [6, 6.07) is 60.1. The zero-order valence-corrected chi connectivity index (χ0v) is 30.6. The lowest BCUT2D eigenvalue weighted by Crippen LogP contribution is -2.57. The minimum atomic E-state index is -0.258. The molecule has 3 aromatic heterocycles. The summed E-state index contributed by atoms with van der Waals surface area (Å²) in [5.74, 6) is 0. The second-order valence-corrected chi connectivity index (χ2v) is 15.5. The van der Waals surface area contributed by atoms with E-state index in [-0.39, 0.29) is 14.0 Å². The second-order valence-electron chi connectivity index (χ2n) is 13.4. The smallest absolute Gasteiger partial charge is 0.358 e. The third kappa shape index (κ3) is 4.80. The average molecular weight is 729 g/mol. The molecule has 6 nitrogen and oxygen atoms in total. The molecule has 0 amide bonds. The molecule has 0 spiro atoms. The lowest BCUT2D eigenvalue weighted by molar-refractivity contribution is 1.24. The normalized spacial score (nSPS) is 13.7. The molecule has 9 aromatic rings. The van der Waals surface area contributed by atoms with Crippen LogP contribution < -0.4 is 30.4 Å². The maximum Gasteiger partial charge on any atom is 0.442 e. The lowest BCUT2D eigenvalue weighted by Gasteiger charge is -2.31. The molecule has 10 heteroatoms. The van der Waals surface area contributed by atoms with E-state index in [9.17, 15) is 0 Å². The highest BCUT2D eigenvalue weighted by atomic mass is 32.1. The molecule has 0 aliphatic carbocycles. The number of benzene rings is 6. The summed E-state index contributed by atoms with van der Waals surface area (Å²) in [6.45, 7) is -0.515. The van der Waals surface area contributed by atoms with Crippen molar-refractivity contribution in [2.75, 3.05) is 19.2 Å². The largest absolute Gasteiger partial charge is 0.442 e. The number of aromatic nitrogens is 2. The van der Waals surface area contributed by atoms with Gasteiger partial charge in [-0.15, -0.1) is 22.7 Å². The monoisotopic (exact) mass is 728 g/mol. The molecule has 0 saturated heterocycles. The number of rotatable bonds is 6. The Kier molecular flexibility index (Phi) is 7.31. The minimum Gasteiger partial charge on any atom is -0.358 e. The fraction of sp³-hybridized carbons (Fsp3) is 0. The summed E-state index contributed by atoms with van der Waals surface area (Å²) in [7, 11) is 0. The van der Waals surface area contributed by atoms with E-state index in [1.807, 2.05) is 35.1 Å². The van der Waals surface area contributed by atoms with Gasteiger partial charge in [0.1, 0.15) is 10.0 Å². The van der Waals surface area contributed by atoms with E-state index < -0.39 is 0 Å². The Labute approximate surface area is 322 Å². The van der Waals surface area contributed by atoms with Crippen LogP contribution in [0.5, 0.6) is 0 Å². The number of nitrogens with zero attached hydrogens (tertiary/aromatic N) is 6. The first kappa shape index (κ1) is 31.2. The van der Waals surface area contributed by atoms with Crippen LogP contribution >= 0.6 is 22.7 Å². The summed E-state index contributed by atoms with van der Waals surface area (Å²) in [5.41, 5.74) is 8.56. The molecule has 11 rings (SSSR count). The summed E-state index contributed by atoms with van der Waals surface area (Å²) >= 11 is 3.65. The van der Waals surface area contributed by atoms with Crippen LogP contribution in [0.1, 0.15) is 0 Å². The number of fused-ring (bicyclic) bond motifs is 6. The van der Waals surface area contributed by atoms with Crippen molar-refractivity contribution in [3.8, 4) is 0 Å². The van der Waals surface area contributed by atoms with Gasteiger partial charge in [0.05, 0.1) is 22.6 Å². The average Bonchev–Trinajstić information content (AvgIpc) is 3.98. The Balaban J connectivity index is 1.09. The van der Waals surface area contributed by atoms with Crippen LogP contribution in [0.4, 0.5) is 44.1 Å². The van der Waals surface area contributed by atoms with Crippen molar-refractivity contribution in [1.82, 2.24) is 9.97 Å². The molecule has 6 aromatic carbocycles. The fourth-order valence-electron chi connectivity index (χ4n) is 8.08. The zero-order valence-electron chi connectivity index (χ0n) is 29.0. The number of para-hydroxylation sites is 4. The SMILES string of the molecule is c1ccc(N2B(c3cnc(B4N(c5ccccc5)c5sc6ccccc6c5N4c4ccccc4)cn3)N(c3ccccc3)c3c2sc2ccccc32)cc1. The predicted octanol–water partition coefficient (Wildman–Crippen LogP) is 10.3.